The normalized spacial score (nSPS) is 11.1. The van der Waals surface area contributed by atoms with E-state index in [1.807, 2.05) is 30.9 Å². The van der Waals surface area contributed by atoms with Crippen molar-refractivity contribution >= 4 is 5.69 Å². The van der Waals surface area contributed by atoms with Crippen LogP contribution in [0, 0.1) is 6.92 Å². The minimum Gasteiger partial charge on any atom is -0.467 e. The second kappa shape index (κ2) is 4.65. The second-order valence-electron chi connectivity index (χ2n) is 4.64. The lowest BCUT2D eigenvalue weighted by molar-refractivity contribution is 0.515. The largest absolute Gasteiger partial charge is 0.467 e. The maximum absolute atomic E-state index is 5.40. The van der Waals surface area contributed by atoms with Gasteiger partial charge < -0.3 is 9.73 Å². The van der Waals surface area contributed by atoms with Gasteiger partial charge in [0.15, 0.2) is 0 Å². The van der Waals surface area contributed by atoms with E-state index in [2.05, 4.69) is 24.3 Å². The predicted molar refractivity (Wildman–Crippen MR) is 68.1 cm³/mol. The van der Waals surface area contributed by atoms with Crippen molar-refractivity contribution in [1.82, 2.24) is 9.78 Å². The van der Waals surface area contributed by atoms with Crippen molar-refractivity contribution in [3.8, 4) is 0 Å². The van der Waals surface area contributed by atoms with E-state index in [-0.39, 0.29) is 0 Å². The number of aromatic nitrogens is 2. The molecule has 0 aromatic carbocycles. The summed E-state index contributed by atoms with van der Waals surface area (Å²) in [6, 6.07) is 1.98. The minimum atomic E-state index is 0.413. The summed E-state index contributed by atoms with van der Waals surface area (Å²) in [6.45, 7) is 7.04. The Morgan fingerprint density at radius 1 is 1.47 bits per heavy atom. The third-order valence-electron chi connectivity index (χ3n) is 2.81. The van der Waals surface area contributed by atoms with E-state index in [0.717, 1.165) is 17.1 Å². The lowest BCUT2D eigenvalue weighted by Crippen LogP contribution is -2.02. The molecule has 0 aliphatic carbocycles. The molecule has 0 aliphatic heterocycles. The van der Waals surface area contributed by atoms with Crippen LogP contribution < -0.4 is 5.32 Å². The molecule has 2 heterocycles. The number of nitrogens with zero attached hydrogens (tertiary/aromatic N) is 2. The highest BCUT2D eigenvalue weighted by atomic mass is 16.3. The van der Waals surface area contributed by atoms with Crippen LogP contribution in [-0.4, -0.2) is 9.78 Å². The van der Waals surface area contributed by atoms with Gasteiger partial charge in [-0.2, -0.15) is 5.10 Å². The first-order valence-corrected chi connectivity index (χ1v) is 5.88. The molecule has 2 aromatic heterocycles. The fourth-order valence-electron chi connectivity index (χ4n) is 1.83. The number of nitrogens with one attached hydrogen (secondary N) is 1. The highest BCUT2D eigenvalue weighted by Gasteiger charge is 2.11. The molecule has 0 bridgehead atoms. The summed E-state index contributed by atoms with van der Waals surface area (Å²) in [4.78, 5) is 0. The number of aryl methyl sites for hydroxylation is 2. The molecule has 2 aromatic rings. The first kappa shape index (κ1) is 11.8. The molecule has 0 aliphatic rings. The smallest absolute Gasteiger partial charge is 0.125 e. The van der Waals surface area contributed by atoms with Crippen LogP contribution in [0.25, 0.3) is 0 Å². The van der Waals surface area contributed by atoms with Crippen LogP contribution in [-0.2, 0) is 13.6 Å². The van der Waals surface area contributed by atoms with Crippen LogP contribution >= 0.6 is 0 Å². The number of hydrogen-bond acceptors (Lipinski definition) is 3. The van der Waals surface area contributed by atoms with Gasteiger partial charge in [-0.1, -0.05) is 13.8 Å². The molecule has 4 heteroatoms. The molecular weight excluding hydrogens is 214 g/mol. The van der Waals surface area contributed by atoms with Crippen LogP contribution in [0.4, 0.5) is 5.69 Å². The molecule has 0 unspecified atom stereocenters. The van der Waals surface area contributed by atoms with E-state index in [1.165, 1.54) is 5.56 Å². The maximum Gasteiger partial charge on any atom is 0.125 e. The molecule has 0 fully saturated rings. The molecule has 0 saturated heterocycles. The Balaban J connectivity index is 2.11. The summed E-state index contributed by atoms with van der Waals surface area (Å²) in [5.41, 5.74) is 3.35. The van der Waals surface area contributed by atoms with Gasteiger partial charge in [-0.25, -0.2) is 0 Å². The Kier molecular flexibility index (Phi) is 3.22. The van der Waals surface area contributed by atoms with Gasteiger partial charge >= 0.3 is 0 Å². The topological polar surface area (TPSA) is 43.0 Å². The number of hydrogen-bond donors (Lipinski definition) is 1. The average Bonchev–Trinajstić information content (AvgIpc) is 2.82. The fraction of sp³-hybridized carbons (Fsp3) is 0.462. The first-order valence-electron chi connectivity index (χ1n) is 5.88. The fourth-order valence-corrected chi connectivity index (χ4v) is 1.83. The van der Waals surface area contributed by atoms with E-state index in [1.54, 1.807) is 6.26 Å². The molecule has 0 atom stereocenters. The quantitative estimate of drug-likeness (QED) is 0.882. The maximum atomic E-state index is 5.40. The Labute approximate surface area is 102 Å². The highest BCUT2D eigenvalue weighted by molar-refractivity contribution is 5.48. The van der Waals surface area contributed by atoms with Crippen molar-refractivity contribution < 1.29 is 4.42 Å². The Bertz CT molecular complexity index is 496. The van der Waals surface area contributed by atoms with Gasteiger partial charge in [0.1, 0.15) is 5.76 Å². The second-order valence-corrected chi connectivity index (χ2v) is 4.64. The van der Waals surface area contributed by atoms with E-state index in [4.69, 9.17) is 4.42 Å². The van der Waals surface area contributed by atoms with Crippen molar-refractivity contribution in [2.45, 2.75) is 33.2 Å². The zero-order valence-electron chi connectivity index (χ0n) is 10.8. The SMILES string of the molecule is Cc1ccoc1CNc1cn(C)nc1C(C)C. The molecule has 0 amide bonds. The monoisotopic (exact) mass is 233 g/mol. The van der Waals surface area contributed by atoms with Crippen molar-refractivity contribution in [3.63, 3.8) is 0 Å². The molecule has 0 saturated carbocycles. The molecule has 0 spiro atoms. The molecule has 1 N–H and O–H groups in total. The lowest BCUT2D eigenvalue weighted by Gasteiger charge is -2.07. The highest BCUT2D eigenvalue weighted by Crippen LogP contribution is 2.23. The molecular formula is C13H19N3O. The van der Waals surface area contributed by atoms with Gasteiger partial charge in [0.05, 0.1) is 24.2 Å². The summed E-state index contributed by atoms with van der Waals surface area (Å²) in [5, 5.41) is 7.84. The van der Waals surface area contributed by atoms with Crippen LogP contribution in [0.2, 0.25) is 0 Å². The van der Waals surface area contributed by atoms with Crippen LogP contribution in [0.15, 0.2) is 22.9 Å². The van der Waals surface area contributed by atoms with Crippen molar-refractivity contribution in [2.75, 3.05) is 5.32 Å². The van der Waals surface area contributed by atoms with Crippen LogP contribution in [0.1, 0.15) is 36.8 Å². The molecule has 92 valence electrons. The third kappa shape index (κ3) is 2.52. The van der Waals surface area contributed by atoms with E-state index in [9.17, 15) is 0 Å². The Hall–Kier alpha value is -1.71. The van der Waals surface area contributed by atoms with Crippen molar-refractivity contribution in [1.29, 1.82) is 0 Å². The lowest BCUT2D eigenvalue weighted by atomic mass is 10.1. The molecule has 4 nitrogen and oxygen atoms in total. The van der Waals surface area contributed by atoms with Gasteiger partial charge in [-0.3, -0.25) is 4.68 Å². The zero-order valence-corrected chi connectivity index (χ0v) is 10.8. The summed E-state index contributed by atoms with van der Waals surface area (Å²) in [6.07, 6.45) is 3.73. The van der Waals surface area contributed by atoms with Gasteiger partial charge in [0, 0.05) is 13.2 Å². The summed E-state index contributed by atoms with van der Waals surface area (Å²) in [7, 11) is 1.94. The molecule has 0 radical (unpaired) electrons. The Morgan fingerprint density at radius 2 is 2.24 bits per heavy atom. The zero-order chi connectivity index (χ0) is 12.4. The first-order chi connectivity index (χ1) is 8.08. The molecule has 2 rings (SSSR count). The van der Waals surface area contributed by atoms with Gasteiger partial charge in [0.25, 0.3) is 0 Å². The minimum absolute atomic E-state index is 0.413. The number of anilines is 1. The van der Waals surface area contributed by atoms with Gasteiger partial charge in [0.2, 0.25) is 0 Å². The summed E-state index contributed by atoms with van der Waals surface area (Å²) < 4.78 is 7.24. The molecule has 17 heavy (non-hydrogen) atoms. The van der Waals surface area contributed by atoms with E-state index >= 15 is 0 Å². The van der Waals surface area contributed by atoms with Gasteiger partial charge in [-0.15, -0.1) is 0 Å². The predicted octanol–water partition coefficient (Wildman–Crippen LogP) is 3.06. The standard InChI is InChI=1S/C13H19N3O/c1-9(2)13-11(8-16(4)15-13)14-7-12-10(3)5-6-17-12/h5-6,8-9,14H,7H2,1-4H3. The van der Waals surface area contributed by atoms with E-state index < -0.39 is 0 Å². The van der Waals surface area contributed by atoms with Crippen LogP contribution in [0.5, 0.6) is 0 Å². The van der Waals surface area contributed by atoms with Gasteiger partial charge in [-0.05, 0) is 24.5 Å². The van der Waals surface area contributed by atoms with Crippen molar-refractivity contribution in [2.24, 2.45) is 7.05 Å². The number of rotatable bonds is 4. The van der Waals surface area contributed by atoms with Crippen LogP contribution in [0.3, 0.4) is 0 Å². The number of furan rings is 1. The van der Waals surface area contributed by atoms with Crippen molar-refractivity contribution in [3.05, 3.63) is 35.5 Å². The Morgan fingerprint density at radius 3 is 2.82 bits per heavy atom. The van der Waals surface area contributed by atoms with E-state index in [0.29, 0.717) is 12.5 Å². The third-order valence-corrected chi connectivity index (χ3v) is 2.81. The summed E-state index contributed by atoms with van der Waals surface area (Å²) in [5.74, 6) is 1.39. The summed E-state index contributed by atoms with van der Waals surface area (Å²) >= 11 is 0. The average molecular weight is 233 g/mol.